The molecule has 1 atom stereocenters. The SMILES string of the molecule is COc1cc([N+](=O)[O-])cc2sc(NC(=O)[C@@H]3CCCN3S(=O)(=O)c3cccs3)nc12. The number of fused-ring (bicyclic) bond motifs is 1. The monoisotopic (exact) mass is 468 g/mol. The highest BCUT2D eigenvalue weighted by molar-refractivity contribution is 7.91. The third-order valence-corrected chi connectivity index (χ3v) is 8.87. The molecule has 0 saturated carbocycles. The first kappa shape index (κ1) is 20.7. The lowest BCUT2D eigenvalue weighted by molar-refractivity contribution is -0.384. The average Bonchev–Trinajstić information content (AvgIpc) is 3.46. The zero-order valence-corrected chi connectivity index (χ0v) is 18.1. The number of rotatable bonds is 6. The van der Waals surface area contributed by atoms with Gasteiger partial charge >= 0.3 is 0 Å². The molecule has 13 heteroatoms. The summed E-state index contributed by atoms with van der Waals surface area (Å²) in [6, 6.07) is 4.94. The molecule has 158 valence electrons. The molecule has 0 aliphatic carbocycles. The fraction of sp³-hybridized carbons (Fsp3) is 0.294. The molecular formula is C17H16N4O6S3. The Morgan fingerprint density at radius 2 is 2.23 bits per heavy atom. The molecule has 1 aromatic carbocycles. The molecule has 1 saturated heterocycles. The predicted molar refractivity (Wildman–Crippen MR) is 113 cm³/mol. The van der Waals surface area contributed by atoms with Gasteiger partial charge in [0.15, 0.2) is 10.9 Å². The summed E-state index contributed by atoms with van der Waals surface area (Å²) in [6.07, 6.45) is 0.971. The number of amides is 1. The molecule has 1 aliphatic rings. The zero-order valence-electron chi connectivity index (χ0n) is 15.6. The van der Waals surface area contributed by atoms with Gasteiger partial charge in [-0.25, -0.2) is 13.4 Å². The minimum atomic E-state index is -3.75. The summed E-state index contributed by atoms with van der Waals surface area (Å²) < 4.78 is 32.8. The van der Waals surface area contributed by atoms with Crippen LogP contribution in [0.15, 0.2) is 33.9 Å². The first-order valence-corrected chi connectivity index (χ1v) is 11.9. The van der Waals surface area contributed by atoms with Gasteiger partial charge in [-0.05, 0) is 24.3 Å². The second-order valence-corrected chi connectivity index (χ2v) is 10.6. The van der Waals surface area contributed by atoms with Crippen molar-refractivity contribution in [3.63, 3.8) is 0 Å². The summed E-state index contributed by atoms with van der Waals surface area (Å²) >= 11 is 2.16. The molecular weight excluding hydrogens is 452 g/mol. The van der Waals surface area contributed by atoms with Crippen molar-refractivity contribution in [2.24, 2.45) is 0 Å². The van der Waals surface area contributed by atoms with Gasteiger partial charge < -0.3 is 10.1 Å². The Balaban J connectivity index is 1.60. The number of thiophene rings is 1. The Hall–Kier alpha value is -2.61. The number of aromatic nitrogens is 1. The maximum atomic E-state index is 12.9. The van der Waals surface area contributed by atoms with Gasteiger partial charge in [-0.1, -0.05) is 17.4 Å². The van der Waals surface area contributed by atoms with Crippen LogP contribution in [-0.2, 0) is 14.8 Å². The largest absolute Gasteiger partial charge is 0.494 e. The summed E-state index contributed by atoms with van der Waals surface area (Å²) in [4.78, 5) is 27.7. The molecule has 1 aliphatic heterocycles. The number of methoxy groups -OCH3 is 1. The van der Waals surface area contributed by atoms with E-state index in [2.05, 4.69) is 10.3 Å². The summed E-state index contributed by atoms with van der Waals surface area (Å²) in [5.74, 6) is -0.265. The Morgan fingerprint density at radius 3 is 2.90 bits per heavy atom. The number of hydrogen-bond acceptors (Lipinski definition) is 9. The number of hydrogen-bond donors (Lipinski definition) is 1. The van der Waals surface area contributed by atoms with Crippen LogP contribution in [0.2, 0.25) is 0 Å². The van der Waals surface area contributed by atoms with Gasteiger partial charge in [-0.15, -0.1) is 11.3 Å². The lowest BCUT2D eigenvalue weighted by Gasteiger charge is -2.22. The van der Waals surface area contributed by atoms with Crippen LogP contribution in [0.3, 0.4) is 0 Å². The van der Waals surface area contributed by atoms with E-state index in [9.17, 15) is 23.3 Å². The number of benzene rings is 1. The summed E-state index contributed by atoms with van der Waals surface area (Å²) in [5, 5.41) is 15.7. The molecule has 0 unspecified atom stereocenters. The fourth-order valence-electron chi connectivity index (χ4n) is 3.30. The van der Waals surface area contributed by atoms with Crippen molar-refractivity contribution < 1.29 is 22.9 Å². The van der Waals surface area contributed by atoms with Gasteiger partial charge in [0.25, 0.3) is 15.7 Å². The number of non-ortho nitro benzene ring substituents is 1. The van der Waals surface area contributed by atoms with Crippen molar-refractivity contribution in [2.75, 3.05) is 19.0 Å². The minimum Gasteiger partial charge on any atom is -0.494 e. The summed E-state index contributed by atoms with van der Waals surface area (Å²) in [6.45, 7) is 0.262. The van der Waals surface area contributed by atoms with Gasteiger partial charge in [-0.2, -0.15) is 4.31 Å². The van der Waals surface area contributed by atoms with Gasteiger partial charge in [0.1, 0.15) is 15.8 Å². The van der Waals surface area contributed by atoms with E-state index in [0.717, 1.165) is 22.7 Å². The van der Waals surface area contributed by atoms with Crippen LogP contribution in [0.1, 0.15) is 12.8 Å². The van der Waals surface area contributed by atoms with Crippen LogP contribution in [0.5, 0.6) is 5.75 Å². The standard InChI is InChI=1S/C17H16N4O6S3/c1-27-12-8-10(21(23)24)9-13-15(12)18-17(29-13)19-16(22)11-4-2-6-20(11)30(25,26)14-5-3-7-28-14/h3,5,7-9,11H,2,4,6H2,1H3,(H,18,19,22)/t11-/m0/s1. The summed E-state index contributed by atoms with van der Waals surface area (Å²) in [7, 11) is -2.38. The highest BCUT2D eigenvalue weighted by Gasteiger charge is 2.40. The molecule has 10 nitrogen and oxygen atoms in total. The van der Waals surface area contributed by atoms with Gasteiger partial charge in [0.2, 0.25) is 5.91 Å². The Labute approximate surface area is 179 Å². The second-order valence-electron chi connectivity index (χ2n) is 6.47. The van der Waals surface area contributed by atoms with E-state index in [4.69, 9.17) is 4.74 Å². The smallest absolute Gasteiger partial charge is 0.274 e. The van der Waals surface area contributed by atoms with Crippen LogP contribution in [0.25, 0.3) is 10.2 Å². The van der Waals surface area contributed by atoms with E-state index in [1.807, 2.05) is 0 Å². The molecule has 1 amide bonds. The minimum absolute atomic E-state index is 0.148. The summed E-state index contributed by atoms with van der Waals surface area (Å²) in [5.41, 5.74) is 0.239. The van der Waals surface area contributed by atoms with Crippen LogP contribution in [0, 0.1) is 10.1 Å². The topological polar surface area (TPSA) is 132 Å². The lowest BCUT2D eigenvalue weighted by atomic mass is 10.2. The molecule has 1 N–H and O–H groups in total. The lowest BCUT2D eigenvalue weighted by Crippen LogP contribution is -2.42. The highest BCUT2D eigenvalue weighted by atomic mass is 32.2. The molecule has 1 fully saturated rings. The van der Waals surface area contributed by atoms with Crippen molar-refractivity contribution in [1.29, 1.82) is 0 Å². The molecule has 2 aromatic heterocycles. The van der Waals surface area contributed by atoms with E-state index in [-0.39, 0.29) is 27.3 Å². The van der Waals surface area contributed by atoms with E-state index in [0.29, 0.717) is 23.1 Å². The number of thiazole rings is 1. The third-order valence-electron chi connectivity index (χ3n) is 4.67. The molecule has 0 radical (unpaired) electrons. The number of anilines is 1. The van der Waals surface area contributed by atoms with E-state index in [1.165, 1.54) is 29.6 Å². The quantitative estimate of drug-likeness (QED) is 0.434. The number of carbonyl (C=O) groups excluding carboxylic acids is 1. The van der Waals surface area contributed by atoms with E-state index in [1.54, 1.807) is 11.4 Å². The van der Waals surface area contributed by atoms with Crippen molar-refractivity contribution in [3.8, 4) is 5.75 Å². The van der Waals surface area contributed by atoms with E-state index < -0.39 is 26.9 Å². The Bertz CT molecular complexity index is 1220. The van der Waals surface area contributed by atoms with Crippen molar-refractivity contribution in [2.45, 2.75) is 23.1 Å². The Kier molecular flexibility index (Phi) is 5.44. The van der Waals surface area contributed by atoms with Crippen molar-refractivity contribution in [1.82, 2.24) is 9.29 Å². The highest BCUT2D eigenvalue weighted by Crippen LogP contribution is 2.36. The van der Waals surface area contributed by atoms with E-state index >= 15 is 0 Å². The first-order valence-electron chi connectivity index (χ1n) is 8.80. The van der Waals surface area contributed by atoms with Gasteiger partial charge in [-0.3, -0.25) is 14.9 Å². The number of ether oxygens (including phenoxy) is 1. The van der Waals surface area contributed by atoms with Crippen molar-refractivity contribution >= 4 is 59.6 Å². The van der Waals surface area contributed by atoms with Crippen LogP contribution < -0.4 is 10.1 Å². The molecule has 3 heterocycles. The first-order chi connectivity index (χ1) is 14.3. The molecule has 3 aromatic rings. The van der Waals surface area contributed by atoms with Crippen molar-refractivity contribution in [3.05, 3.63) is 39.8 Å². The number of sulfonamides is 1. The van der Waals surface area contributed by atoms with Gasteiger partial charge in [0.05, 0.1) is 22.8 Å². The molecule has 4 rings (SSSR count). The maximum absolute atomic E-state index is 12.9. The molecule has 0 spiro atoms. The number of nitrogens with one attached hydrogen (secondary N) is 1. The number of nitro benzene ring substituents is 1. The number of carbonyl (C=O) groups is 1. The number of nitro groups is 1. The third kappa shape index (κ3) is 3.64. The predicted octanol–water partition coefficient (Wildman–Crippen LogP) is 3.07. The normalized spacial score (nSPS) is 17.3. The van der Waals surface area contributed by atoms with Crippen LogP contribution in [0.4, 0.5) is 10.8 Å². The molecule has 0 bridgehead atoms. The maximum Gasteiger partial charge on any atom is 0.274 e. The van der Waals surface area contributed by atoms with Crippen LogP contribution >= 0.6 is 22.7 Å². The fourth-order valence-corrected chi connectivity index (χ4v) is 7.00. The average molecular weight is 469 g/mol. The molecule has 30 heavy (non-hydrogen) atoms. The Morgan fingerprint density at radius 1 is 1.43 bits per heavy atom. The van der Waals surface area contributed by atoms with Crippen LogP contribution in [-0.4, -0.2) is 48.2 Å². The number of nitrogens with zero attached hydrogens (tertiary/aromatic N) is 3. The van der Waals surface area contributed by atoms with Gasteiger partial charge in [0, 0.05) is 12.6 Å². The second kappa shape index (κ2) is 7.91. The zero-order chi connectivity index (χ0) is 21.5.